The number of thiocarbonyl (C=S) groups is 1. The van der Waals surface area contributed by atoms with E-state index in [1.54, 1.807) is 6.20 Å². The molecule has 0 aliphatic carbocycles. The van der Waals surface area contributed by atoms with Crippen molar-refractivity contribution >= 4 is 45.5 Å². The van der Waals surface area contributed by atoms with Gasteiger partial charge in [0.25, 0.3) is 0 Å². The van der Waals surface area contributed by atoms with Crippen LogP contribution in [-0.4, -0.2) is 27.5 Å². The van der Waals surface area contributed by atoms with Crippen LogP contribution < -0.4 is 0 Å². The van der Waals surface area contributed by atoms with E-state index in [0.717, 1.165) is 15.4 Å². The highest BCUT2D eigenvalue weighted by Gasteiger charge is 2.12. The van der Waals surface area contributed by atoms with Crippen LogP contribution in [0, 0.1) is 0 Å². The molecule has 0 saturated carbocycles. The normalized spacial score (nSPS) is 10.2. The standard InChI is InChI=1S/C14H13NO2S3/c1-2-17-14(18)19-9-11(16)13-7-6-12(20-13)10-5-3-4-8-15-10/h3-8H,2,9H2,1H3. The summed E-state index contributed by atoms with van der Waals surface area (Å²) >= 11 is 7.69. The van der Waals surface area contributed by atoms with Gasteiger partial charge in [0.15, 0.2) is 5.78 Å². The van der Waals surface area contributed by atoms with Gasteiger partial charge in [0.1, 0.15) is 0 Å². The minimum Gasteiger partial charge on any atom is -0.479 e. The van der Waals surface area contributed by atoms with Crippen molar-refractivity contribution in [3.63, 3.8) is 0 Å². The molecule has 0 N–H and O–H groups in total. The van der Waals surface area contributed by atoms with Crippen molar-refractivity contribution in [2.45, 2.75) is 6.92 Å². The molecule has 0 aliphatic rings. The maximum Gasteiger partial charge on any atom is 0.220 e. The highest BCUT2D eigenvalue weighted by Crippen LogP contribution is 2.27. The molecule has 0 amide bonds. The van der Waals surface area contributed by atoms with Crippen molar-refractivity contribution in [1.82, 2.24) is 4.98 Å². The van der Waals surface area contributed by atoms with Gasteiger partial charge in [-0.2, -0.15) is 0 Å². The maximum atomic E-state index is 12.1. The van der Waals surface area contributed by atoms with E-state index >= 15 is 0 Å². The van der Waals surface area contributed by atoms with Gasteiger partial charge in [-0.25, -0.2) is 0 Å². The third-order valence-corrected chi connectivity index (χ3v) is 4.76. The minimum atomic E-state index is 0.0595. The second-order valence-corrected chi connectivity index (χ2v) is 6.43. The summed E-state index contributed by atoms with van der Waals surface area (Å²) in [5, 5.41) is 0. The first-order valence-electron chi connectivity index (χ1n) is 6.04. The first-order chi connectivity index (χ1) is 9.70. The number of aromatic nitrogens is 1. The monoisotopic (exact) mass is 323 g/mol. The largest absolute Gasteiger partial charge is 0.479 e. The predicted octanol–water partition coefficient (Wildman–Crippen LogP) is 4.05. The Bertz CT molecular complexity index is 595. The van der Waals surface area contributed by atoms with E-state index in [1.807, 2.05) is 37.3 Å². The highest BCUT2D eigenvalue weighted by molar-refractivity contribution is 8.23. The van der Waals surface area contributed by atoms with Gasteiger partial charge < -0.3 is 4.74 Å². The average Bonchev–Trinajstić information content (AvgIpc) is 2.96. The molecule has 0 unspecified atom stereocenters. The number of Topliss-reactive ketones (excluding diaryl/α,β-unsaturated/α-hetero) is 1. The molecule has 0 radical (unpaired) electrons. The van der Waals surface area contributed by atoms with E-state index < -0.39 is 0 Å². The van der Waals surface area contributed by atoms with Gasteiger partial charge >= 0.3 is 0 Å². The Balaban J connectivity index is 1.98. The molecule has 0 spiro atoms. The van der Waals surface area contributed by atoms with Crippen LogP contribution in [0.4, 0.5) is 0 Å². The number of thioether (sulfide) groups is 1. The third-order valence-electron chi connectivity index (χ3n) is 2.38. The van der Waals surface area contributed by atoms with Crippen molar-refractivity contribution in [2.24, 2.45) is 0 Å². The smallest absolute Gasteiger partial charge is 0.220 e. The highest BCUT2D eigenvalue weighted by atomic mass is 32.2. The van der Waals surface area contributed by atoms with E-state index in [4.69, 9.17) is 17.0 Å². The molecule has 0 bridgehead atoms. The Morgan fingerprint density at radius 3 is 2.95 bits per heavy atom. The molecular weight excluding hydrogens is 310 g/mol. The fourth-order valence-electron chi connectivity index (χ4n) is 1.49. The lowest BCUT2D eigenvalue weighted by Crippen LogP contribution is -2.04. The summed E-state index contributed by atoms with van der Waals surface area (Å²) in [7, 11) is 0. The Morgan fingerprint density at radius 1 is 1.40 bits per heavy atom. The molecule has 2 aromatic rings. The van der Waals surface area contributed by atoms with Gasteiger partial charge in [-0.1, -0.05) is 17.8 Å². The summed E-state index contributed by atoms with van der Waals surface area (Å²) < 4.78 is 5.56. The lowest BCUT2D eigenvalue weighted by Gasteiger charge is -2.02. The van der Waals surface area contributed by atoms with Crippen LogP contribution in [0.2, 0.25) is 0 Å². The Labute approximate surface area is 131 Å². The fourth-order valence-corrected chi connectivity index (χ4v) is 3.40. The second-order valence-electron chi connectivity index (χ2n) is 3.77. The number of rotatable bonds is 5. The fraction of sp³-hybridized carbons (Fsp3) is 0.214. The van der Waals surface area contributed by atoms with Crippen molar-refractivity contribution in [2.75, 3.05) is 12.4 Å². The molecule has 0 aliphatic heterocycles. The van der Waals surface area contributed by atoms with Gasteiger partial charge in [-0.15, -0.1) is 11.3 Å². The molecule has 0 atom stereocenters. The summed E-state index contributed by atoms with van der Waals surface area (Å²) in [6.45, 7) is 2.40. The van der Waals surface area contributed by atoms with E-state index in [9.17, 15) is 4.79 Å². The number of hydrogen-bond acceptors (Lipinski definition) is 6. The molecule has 0 aromatic carbocycles. The Hall–Kier alpha value is -1.24. The molecule has 0 fully saturated rings. The van der Waals surface area contributed by atoms with E-state index in [2.05, 4.69) is 4.98 Å². The molecular formula is C14H13NO2S3. The number of carbonyl (C=O) groups excluding carboxylic acids is 1. The summed E-state index contributed by atoms with van der Waals surface area (Å²) in [6.07, 6.45) is 1.74. The number of pyridine rings is 1. The summed E-state index contributed by atoms with van der Waals surface area (Å²) in [5.74, 6) is 0.366. The van der Waals surface area contributed by atoms with Crippen LogP contribution in [0.5, 0.6) is 0 Å². The number of nitrogens with zero attached hydrogens (tertiary/aromatic N) is 1. The van der Waals surface area contributed by atoms with Crippen LogP contribution in [-0.2, 0) is 4.74 Å². The zero-order valence-corrected chi connectivity index (χ0v) is 13.3. The number of hydrogen-bond donors (Lipinski definition) is 0. The second kappa shape index (κ2) is 7.52. The van der Waals surface area contributed by atoms with Crippen molar-refractivity contribution in [1.29, 1.82) is 0 Å². The summed E-state index contributed by atoms with van der Waals surface area (Å²) in [4.78, 5) is 18.0. The first kappa shape index (κ1) is 15.2. The predicted molar refractivity (Wildman–Crippen MR) is 88.6 cm³/mol. The molecule has 20 heavy (non-hydrogen) atoms. The van der Waals surface area contributed by atoms with Crippen LogP contribution in [0.15, 0.2) is 36.5 Å². The van der Waals surface area contributed by atoms with Crippen molar-refractivity contribution in [3.05, 3.63) is 41.4 Å². The van der Waals surface area contributed by atoms with Crippen molar-refractivity contribution < 1.29 is 9.53 Å². The third kappa shape index (κ3) is 4.13. The molecule has 6 heteroatoms. The molecule has 104 valence electrons. The number of thiophene rings is 1. The quantitative estimate of drug-likeness (QED) is 0.613. The van der Waals surface area contributed by atoms with Crippen LogP contribution in [0.3, 0.4) is 0 Å². The SMILES string of the molecule is CCOC(=S)SCC(=O)c1ccc(-c2ccccn2)s1. The first-order valence-corrected chi connectivity index (χ1v) is 8.25. The number of ketones is 1. The van der Waals surface area contributed by atoms with E-state index in [-0.39, 0.29) is 5.78 Å². The minimum absolute atomic E-state index is 0.0595. The summed E-state index contributed by atoms with van der Waals surface area (Å²) in [5.41, 5.74) is 0.883. The molecule has 2 heterocycles. The van der Waals surface area contributed by atoms with Crippen LogP contribution >= 0.6 is 35.3 Å². The maximum absolute atomic E-state index is 12.1. The van der Waals surface area contributed by atoms with Gasteiger partial charge in [0, 0.05) is 6.20 Å². The van der Waals surface area contributed by atoms with E-state index in [0.29, 0.717) is 16.7 Å². The molecule has 2 rings (SSSR count). The van der Waals surface area contributed by atoms with Crippen LogP contribution in [0.1, 0.15) is 16.6 Å². The lowest BCUT2D eigenvalue weighted by molar-refractivity contribution is 0.102. The van der Waals surface area contributed by atoms with Gasteiger partial charge in [-0.05, 0) is 43.4 Å². The topological polar surface area (TPSA) is 39.2 Å². The number of ether oxygens (including phenoxy) is 1. The van der Waals surface area contributed by atoms with Crippen molar-refractivity contribution in [3.8, 4) is 10.6 Å². The number of carbonyl (C=O) groups is 1. The Morgan fingerprint density at radius 2 is 2.25 bits per heavy atom. The van der Waals surface area contributed by atoms with Gasteiger partial charge in [0.2, 0.25) is 4.38 Å². The molecule has 0 saturated heterocycles. The zero-order chi connectivity index (χ0) is 14.4. The lowest BCUT2D eigenvalue weighted by atomic mass is 10.3. The van der Waals surface area contributed by atoms with Gasteiger partial charge in [-0.3, -0.25) is 9.78 Å². The van der Waals surface area contributed by atoms with Gasteiger partial charge in [0.05, 0.1) is 27.8 Å². The Kier molecular flexibility index (Phi) is 5.70. The molecule has 3 nitrogen and oxygen atoms in total. The zero-order valence-electron chi connectivity index (χ0n) is 10.9. The average molecular weight is 323 g/mol. The summed E-state index contributed by atoms with van der Waals surface area (Å²) in [6, 6.07) is 9.49. The van der Waals surface area contributed by atoms with Crippen LogP contribution in [0.25, 0.3) is 10.6 Å². The van der Waals surface area contributed by atoms with E-state index in [1.165, 1.54) is 23.1 Å². The molecule has 2 aromatic heterocycles.